The van der Waals surface area contributed by atoms with Crippen molar-refractivity contribution in [2.75, 3.05) is 0 Å². The van der Waals surface area contributed by atoms with Gasteiger partial charge < -0.3 is 10.4 Å². The van der Waals surface area contributed by atoms with Gasteiger partial charge in [0.25, 0.3) is 5.91 Å². The molecule has 2 rings (SSSR count). The van der Waals surface area contributed by atoms with E-state index in [9.17, 15) is 14.0 Å². The molecule has 0 saturated heterocycles. The summed E-state index contributed by atoms with van der Waals surface area (Å²) in [6.07, 6.45) is 1.49. The summed E-state index contributed by atoms with van der Waals surface area (Å²) in [5.74, 6) is -2.61. The largest absolute Gasteiger partial charge is 0.481 e. The molecule has 1 saturated carbocycles. The molecule has 2 N–H and O–H groups in total. The quantitative estimate of drug-likeness (QED) is 0.896. The third kappa shape index (κ3) is 3.04. The molecule has 0 heterocycles. The Morgan fingerprint density at radius 3 is 2.74 bits per heavy atom. The molecule has 0 bridgehead atoms. The zero-order valence-electron chi connectivity index (χ0n) is 10.0. The number of hydrogen-bond acceptors (Lipinski definition) is 2. The molecule has 0 aliphatic heterocycles. The Hall–Kier alpha value is -1.62. The fraction of sp³-hybridized carbons (Fsp3) is 0.385. The van der Waals surface area contributed by atoms with Gasteiger partial charge >= 0.3 is 5.97 Å². The number of carboxylic acid groups (broad SMARTS) is 1. The molecule has 102 valence electrons. The lowest BCUT2D eigenvalue weighted by Crippen LogP contribution is -2.33. The number of halogens is 2. The number of hydrogen-bond donors (Lipinski definition) is 2. The van der Waals surface area contributed by atoms with Gasteiger partial charge in [0.05, 0.1) is 16.5 Å². The van der Waals surface area contributed by atoms with Crippen LogP contribution < -0.4 is 5.32 Å². The third-order valence-electron chi connectivity index (χ3n) is 3.31. The second-order valence-electron chi connectivity index (χ2n) is 4.62. The van der Waals surface area contributed by atoms with Crippen molar-refractivity contribution in [3.8, 4) is 0 Å². The van der Waals surface area contributed by atoms with Crippen molar-refractivity contribution in [1.29, 1.82) is 0 Å². The maximum absolute atomic E-state index is 13.6. The van der Waals surface area contributed by atoms with Crippen molar-refractivity contribution < 1.29 is 19.1 Å². The lowest BCUT2D eigenvalue weighted by atomic mass is 10.1. The summed E-state index contributed by atoms with van der Waals surface area (Å²) < 4.78 is 13.6. The highest BCUT2D eigenvalue weighted by molar-refractivity contribution is 6.31. The maximum Gasteiger partial charge on any atom is 0.306 e. The number of amides is 1. The van der Waals surface area contributed by atoms with Gasteiger partial charge in [-0.05, 0) is 31.4 Å². The van der Waals surface area contributed by atoms with E-state index in [1.807, 2.05) is 0 Å². The summed E-state index contributed by atoms with van der Waals surface area (Å²) in [6.45, 7) is 0. The minimum Gasteiger partial charge on any atom is -0.481 e. The monoisotopic (exact) mass is 285 g/mol. The van der Waals surface area contributed by atoms with E-state index in [0.717, 1.165) is 0 Å². The average molecular weight is 286 g/mol. The van der Waals surface area contributed by atoms with Crippen LogP contribution in [0.3, 0.4) is 0 Å². The van der Waals surface area contributed by atoms with Crippen LogP contribution in [0.2, 0.25) is 5.02 Å². The standard InChI is InChI=1S/C13H13ClFNO3/c14-10-3-1-2-9(11(10)15)12(17)16-8-5-4-7(6-8)13(18)19/h1-3,7-8H,4-6H2,(H,16,17)(H,18,19). The number of benzene rings is 1. The van der Waals surface area contributed by atoms with Crippen molar-refractivity contribution in [2.24, 2.45) is 5.92 Å². The van der Waals surface area contributed by atoms with Crippen molar-refractivity contribution in [2.45, 2.75) is 25.3 Å². The van der Waals surface area contributed by atoms with Gasteiger partial charge in [-0.15, -0.1) is 0 Å². The van der Waals surface area contributed by atoms with E-state index in [4.69, 9.17) is 16.7 Å². The predicted octanol–water partition coefficient (Wildman–Crippen LogP) is 2.46. The molecule has 1 aromatic rings. The van der Waals surface area contributed by atoms with E-state index in [1.54, 1.807) is 0 Å². The van der Waals surface area contributed by atoms with Gasteiger partial charge in [-0.25, -0.2) is 4.39 Å². The number of rotatable bonds is 3. The van der Waals surface area contributed by atoms with Crippen LogP contribution in [0, 0.1) is 11.7 Å². The summed E-state index contributed by atoms with van der Waals surface area (Å²) in [5.41, 5.74) is -0.119. The van der Waals surface area contributed by atoms with E-state index in [-0.39, 0.29) is 16.6 Å². The number of carboxylic acids is 1. The van der Waals surface area contributed by atoms with Crippen LogP contribution in [0.15, 0.2) is 18.2 Å². The van der Waals surface area contributed by atoms with Gasteiger partial charge in [0.1, 0.15) is 0 Å². The Labute approximate surface area is 114 Å². The van der Waals surface area contributed by atoms with E-state index >= 15 is 0 Å². The second-order valence-corrected chi connectivity index (χ2v) is 5.03. The van der Waals surface area contributed by atoms with Gasteiger partial charge in [0.15, 0.2) is 5.82 Å². The van der Waals surface area contributed by atoms with Gasteiger partial charge in [0.2, 0.25) is 0 Å². The molecular weight excluding hydrogens is 273 g/mol. The molecule has 1 aliphatic carbocycles. The highest BCUT2D eigenvalue weighted by Gasteiger charge is 2.31. The fourth-order valence-corrected chi connectivity index (χ4v) is 2.45. The molecule has 19 heavy (non-hydrogen) atoms. The number of nitrogens with one attached hydrogen (secondary N) is 1. The molecule has 6 heteroatoms. The average Bonchev–Trinajstić information content (AvgIpc) is 2.81. The van der Waals surface area contributed by atoms with Gasteiger partial charge in [-0.2, -0.15) is 0 Å². The van der Waals surface area contributed by atoms with Crippen LogP contribution in [0.4, 0.5) is 4.39 Å². The molecule has 1 aliphatic rings. The van der Waals surface area contributed by atoms with E-state index in [0.29, 0.717) is 19.3 Å². The lowest BCUT2D eigenvalue weighted by Gasteiger charge is -2.13. The zero-order valence-corrected chi connectivity index (χ0v) is 10.8. The van der Waals surface area contributed by atoms with E-state index in [2.05, 4.69) is 5.32 Å². The summed E-state index contributed by atoms with van der Waals surface area (Å²) in [5, 5.41) is 11.4. The maximum atomic E-state index is 13.6. The first-order chi connectivity index (χ1) is 8.99. The molecular formula is C13H13ClFNO3. The topological polar surface area (TPSA) is 66.4 Å². The van der Waals surface area contributed by atoms with Crippen LogP contribution >= 0.6 is 11.6 Å². The van der Waals surface area contributed by atoms with Crippen molar-refractivity contribution in [3.63, 3.8) is 0 Å². The van der Waals surface area contributed by atoms with E-state index < -0.39 is 23.6 Å². The molecule has 1 aromatic carbocycles. The number of carbonyl (C=O) groups is 2. The van der Waals surface area contributed by atoms with Crippen molar-refractivity contribution >= 4 is 23.5 Å². The normalized spacial score (nSPS) is 22.2. The van der Waals surface area contributed by atoms with E-state index in [1.165, 1.54) is 18.2 Å². The molecule has 1 fully saturated rings. The predicted molar refractivity (Wildman–Crippen MR) is 67.6 cm³/mol. The molecule has 2 atom stereocenters. The Morgan fingerprint density at radius 2 is 2.11 bits per heavy atom. The van der Waals surface area contributed by atoms with Crippen LogP contribution in [0.25, 0.3) is 0 Å². The van der Waals surface area contributed by atoms with Gasteiger partial charge in [-0.3, -0.25) is 9.59 Å². The Bertz CT molecular complexity index is 521. The molecule has 4 nitrogen and oxygen atoms in total. The highest BCUT2D eigenvalue weighted by Crippen LogP contribution is 2.26. The first-order valence-electron chi connectivity index (χ1n) is 5.96. The Morgan fingerprint density at radius 1 is 1.37 bits per heavy atom. The minimum atomic E-state index is -0.856. The molecule has 0 spiro atoms. The van der Waals surface area contributed by atoms with Crippen molar-refractivity contribution in [3.05, 3.63) is 34.6 Å². The lowest BCUT2D eigenvalue weighted by molar-refractivity contribution is -0.141. The number of aliphatic carboxylic acids is 1. The van der Waals surface area contributed by atoms with Crippen LogP contribution in [-0.4, -0.2) is 23.0 Å². The number of carbonyl (C=O) groups excluding carboxylic acids is 1. The first kappa shape index (κ1) is 13.8. The third-order valence-corrected chi connectivity index (χ3v) is 3.61. The summed E-state index contributed by atoms with van der Waals surface area (Å²) in [7, 11) is 0. The van der Waals surface area contributed by atoms with Crippen LogP contribution in [0.1, 0.15) is 29.6 Å². The SMILES string of the molecule is O=C(NC1CCC(C(=O)O)C1)c1cccc(Cl)c1F. The Kier molecular flexibility index (Phi) is 4.04. The van der Waals surface area contributed by atoms with Crippen LogP contribution in [0.5, 0.6) is 0 Å². The second kappa shape index (κ2) is 5.57. The Balaban J connectivity index is 2.02. The molecule has 2 unspecified atom stereocenters. The van der Waals surface area contributed by atoms with Gasteiger partial charge in [-0.1, -0.05) is 17.7 Å². The van der Waals surface area contributed by atoms with Gasteiger partial charge in [0, 0.05) is 6.04 Å². The fourth-order valence-electron chi connectivity index (χ4n) is 2.28. The molecule has 1 amide bonds. The highest BCUT2D eigenvalue weighted by atomic mass is 35.5. The van der Waals surface area contributed by atoms with Crippen LogP contribution in [-0.2, 0) is 4.79 Å². The summed E-state index contributed by atoms with van der Waals surface area (Å²) in [4.78, 5) is 22.7. The minimum absolute atomic E-state index is 0.109. The summed E-state index contributed by atoms with van der Waals surface area (Å²) in [6, 6.07) is 3.98. The summed E-state index contributed by atoms with van der Waals surface area (Å²) >= 11 is 5.61. The molecule has 0 radical (unpaired) electrons. The van der Waals surface area contributed by atoms with Crippen molar-refractivity contribution in [1.82, 2.24) is 5.32 Å². The zero-order chi connectivity index (χ0) is 14.0. The first-order valence-corrected chi connectivity index (χ1v) is 6.34. The molecule has 0 aromatic heterocycles. The smallest absolute Gasteiger partial charge is 0.306 e.